The summed E-state index contributed by atoms with van der Waals surface area (Å²) in [6.07, 6.45) is 7.65. The molecule has 0 radical (unpaired) electrons. The van der Waals surface area contributed by atoms with E-state index in [4.69, 9.17) is 4.42 Å². The Morgan fingerprint density at radius 1 is 1.14 bits per heavy atom. The Hall–Kier alpha value is -3.58. The Morgan fingerprint density at radius 3 is 2.86 bits per heavy atom. The maximum atomic E-state index is 12.7. The van der Waals surface area contributed by atoms with E-state index in [1.807, 2.05) is 42.6 Å². The van der Waals surface area contributed by atoms with Crippen molar-refractivity contribution in [3.63, 3.8) is 0 Å². The van der Waals surface area contributed by atoms with Crippen LogP contribution >= 0.6 is 0 Å². The molecular weight excluding hydrogens is 366 g/mol. The molecule has 0 fully saturated rings. The van der Waals surface area contributed by atoms with Crippen LogP contribution in [-0.2, 0) is 19.5 Å². The van der Waals surface area contributed by atoms with Crippen LogP contribution in [0.4, 0.5) is 0 Å². The van der Waals surface area contributed by atoms with E-state index in [-0.39, 0.29) is 5.56 Å². The lowest BCUT2D eigenvalue weighted by Gasteiger charge is -2.27. The third kappa shape index (κ3) is 3.60. The van der Waals surface area contributed by atoms with E-state index < -0.39 is 0 Å². The number of H-pyrrole nitrogens is 1. The summed E-state index contributed by atoms with van der Waals surface area (Å²) in [7, 11) is 0. The van der Waals surface area contributed by atoms with E-state index >= 15 is 0 Å². The van der Waals surface area contributed by atoms with Gasteiger partial charge >= 0.3 is 0 Å². The van der Waals surface area contributed by atoms with Crippen LogP contribution in [0.1, 0.15) is 16.8 Å². The van der Waals surface area contributed by atoms with Crippen LogP contribution in [-0.4, -0.2) is 31.4 Å². The summed E-state index contributed by atoms with van der Waals surface area (Å²) in [5.74, 6) is 1.33. The van der Waals surface area contributed by atoms with E-state index in [0.29, 0.717) is 12.4 Å². The molecule has 4 aromatic rings. The van der Waals surface area contributed by atoms with Crippen LogP contribution in [0.5, 0.6) is 0 Å². The molecule has 7 nitrogen and oxygen atoms in total. The predicted molar refractivity (Wildman–Crippen MR) is 108 cm³/mol. The molecule has 0 bridgehead atoms. The maximum absolute atomic E-state index is 12.7. The van der Waals surface area contributed by atoms with E-state index in [9.17, 15) is 4.79 Å². The first-order valence-corrected chi connectivity index (χ1v) is 9.50. The zero-order valence-corrected chi connectivity index (χ0v) is 15.7. The van der Waals surface area contributed by atoms with Crippen LogP contribution in [0, 0.1) is 0 Å². The SMILES string of the molecule is O=c1[nH]c(-c2cccnc2)nc2c1CN(Cc1ccc(-c3ccco3)nc1)CC2. The Kier molecular flexibility index (Phi) is 4.50. The van der Waals surface area contributed by atoms with Crippen LogP contribution in [0.3, 0.4) is 0 Å². The fraction of sp³-hybridized carbons (Fsp3) is 0.182. The highest BCUT2D eigenvalue weighted by Gasteiger charge is 2.21. The molecule has 1 N–H and O–H groups in total. The molecule has 0 amide bonds. The number of aromatic nitrogens is 4. The molecule has 29 heavy (non-hydrogen) atoms. The third-order valence-corrected chi connectivity index (χ3v) is 5.09. The van der Waals surface area contributed by atoms with E-state index in [2.05, 4.69) is 24.8 Å². The molecule has 144 valence electrons. The number of hydrogen-bond donors (Lipinski definition) is 1. The molecule has 0 aliphatic carbocycles. The maximum Gasteiger partial charge on any atom is 0.255 e. The average molecular weight is 385 g/mol. The van der Waals surface area contributed by atoms with Gasteiger partial charge in [-0.3, -0.25) is 19.7 Å². The average Bonchev–Trinajstić information content (AvgIpc) is 3.30. The first-order chi connectivity index (χ1) is 14.3. The lowest BCUT2D eigenvalue weighted by atomic mass is 10.1. The molecule has 5 heterocycles. The van der Waals surface area contributed by atoms with Gasteiger partial charge in [0.15, 0.2) is 5.76 Å². The molecule has 7 heteroatoms. The van der Waals surface area contributed by atoms with Crippen LogP contribution in [0.15, 0.2) is 70.5 Å². The molecule has 0 saturated carbocycles. The Bertz CT molecular complexity index is 1170. The number of nitrogens with one attached hydrogen (secondary N) is 1. The second kappa shape index (κ2) is 7.44. The number of nitrogens with zero attached hydrogens (tertiary/aromatic N) is 4. The van der Waals surface area contributed by atoms with Gasteiger partial charge in [0.25, 0.3) is 5.56 Å². The van der Waals surface area contributed by atoms with Crippen molar-refractivity contribution >= 4 is 0 Å². The normalized spacial score (nSPS) is 13.9. The van der Waals surface area contributed by atoms with Crippen LogP contribution in [0.25, 0.3) is 22.8 Å². The molecule has 1 aliphatic heterocycles. The summed E-state index contributed by atoms with van der Waals surface area (Å²) in [4.78, 5) is 31.1. The zero-order chi connectivity index (χ0) is 19.6. The smallest absolute Gasteiger partial charge is 0.255 e. The molecule has 0 unspecified atom stereocenters. The van der Waals surface area contributed by atoms with Gasteiger partial charge in [0.2, 0.25) is 0 Å². The van der Waals surface area contributed by atoms with Crippen molar-refractivity contribution in [2.24, 2.45) is 0 Å². The van der Waals surface area contributed by atoms with Crippen molar-refractivity contribution in [3.05, 3.63) is 88.4 Å². The third-order valence-electron chi connectivity index (χ3n) is 5.09. The van der Waals surface area contributed by atoms with Gasteiger partial charge in [-0.05, 0) is 35.9 Å². The Labute approximate surface area is 167 Å². The van der Waals surface area contributed by atoms with Gasteiger partial charge in [-0.1, -0.05) is 6.07 Å². The topological polar surface area (TPSA) is 87.9 Å². The fourth-order valence-electron chi connectivity index (χ4n) is 3.60. The first kappa shape index (κ1) is 17.5. The van der Waals surface area contributed by atoms with Gasteiger partial charge in [0.05, 0.1) is 17.5 Å². The minimum Gasteiger partial charge on any atom is -0.463 e. The number of aromatic amines is 1. The van der Waals surface area contributed by atoms with Crippen molar-refractivity contribution in [3.8, 4) is 22.8 Å². The van der Waals surface area contributed by atoms with E-state index in [0.717, 1.165) is 53.3 Å². The van der Waals surface area contributed by atoms with Crippen molar-refractivity contribution < 1.29 is 4.42 Å². The van der Waals surface area contributed by atoms with Gasteiger partial charge < -0.3 is 9.40 Å². The monoisotopic (exact) mass is 385 g/mol. The van der Waals surface area contributed by atoms with E-state index in [1.54, 1.807) is 18.7 Å². The number of rotatable bonds is 4. The van der Waals surface area contributed by atoms with Crippen molar-refractivity contribution in [2.45, 2.75) is 19.5 Å². The Morgan fingerprint density at radius 2 is 2.10 bits per heavy atom. The standard InChI is InChI=1S/C22H19N5O2/c28-22-17-14-27(13-15-5-6-19(24-11-15)20-4-2-10-29-20)9-7-18(17)25-21(26-22)16-3-1-8-23-12-16/h1-6,8,10-12H,7,9,13-14H2,(H,25,26,28). The summed E-state index contributed by atoms with van der Waals surface area (Å²) in [6.45, 7) is 2.15. The number of fused-ring (bicyclic) bond motifs is 1. The molecule has 0 aromatic carbocycles. The molecular formula is C22H19N5O2. The molecule has 0 spiro atoms. The van der Waals surface area contributed by atoms with Gasteiger partial charge in [-0.2, -0.15) is 0 Å². The highest BCUT2D eigenvalue weighted by molar-refractivity contribution is 5.53. The highest BCUT2D eigenvalue weighted by atomic mass is 16.3. The number of furan rings is 1. The molecule has 0 saturated heterocycles. The second-order valence-electron chi connectivity index (χ2n) is 7.07. The summed E-state index contributed by atoms with van der Waals surface area (Å²) >= 11 is 0. The van der Waals surface area contributed by atoms with Gasteiger partial charge in [0.1, 0.15) is 11.5 Å². The predicted octanol–water partition coefficient (Wildman–Crippen LogP) is 3.05. The minimum atomic E-state index is -0.0788. The second-order valence-corrected chi connectivity index (χ2v) is 7.07. The first-order valence-electron chi connectivity index (χ1n) is 9.50. The summed E-state index contributed by atoms with van der Waals surface area (Å²) in [5, 5.41) is 0. The lowest BCUT2D eigenvalue weighted by molar-refractivity contribution is 0.241. The fourth-order valence-corrected chi connectivity index (χ4v) is 3.60. The lowest BCUT2D eigenvalue weighted by Crippen LogP contribution is -2.35. The molecule has 1 aliphatic rings. The molecule has 4 aromatic heterocycles. The van der Waals surface area contributed by atoms with Gasteiger partial charge in [-0.25, -0.2) is 4.98 Å². The molecule has 0 atom stereocenters. The highest BCUT2D eigenvalue weighted by Crippen LogP contribution is 2.21. The number of hydrogen-bond acceptors (Lipinski definition) is 6. The zero-order valence-electron chi connectivity index (χ0n) is 15.7. The van der Waals surface area contributed by atoms with Crippen LogP contribution in [0.2, 0.25) is 0 Å². The van der Waals surface area contributed by atoms with Crippen molar-refractivity contribution in [1.29, 1.82) is 0 Å². The van der Waals surface area contributed by atoms with Gasteiger partial charge in [-0.15, -0.1) is 0 Å². The minimum absolute atomic E-state index is 0.0788. The summed E-state index contributed by atoms with van der Waals surface area (Å²) < 4.78 is 5.38. The van der Waals surface area contributed by atoms with Gasteiger partial charge in [0, 0.05) is 50.2 Å². The Balaban J connectivity index is 1.33. The van der Waals surface area contributed by atoms with Crippen LogP contribution < -0.4 is 5.56 Å². The molecule has 5 rings (SSSR count). The largest absolute Gasteiger partial charge is 0.463 e. The summed E-state index contributed by atoms with van der Waals surface area (Å²) in [5.41, 5.74) is 4.26. The van der Waals surface area contributed by atoms with Crippen molar-refractivity contribution in [1.82, 2.24) is 24.8 Å². The quantitative estimate of drug-likeness (QED) is 0.581. The van der Waals surface area contributed by atoms with Crippen molar-refractivity contribution in [2.75, 3.05) is 6.54 Å². The summed E-state index contributed by atoms with van der Waals surface area (Å²) in [6, 6.07) is 11.5. The van der Waals surface area contributed by atoms with E-state index in [1.165, 1.54) is 0 Å². The number of pyridine rings is 2.